The van der Waals surface area contributed by atoms with Crippen molar-refractivity contribution < 1.29 is 4.74 Å². The van der Waals surface area contributed by atoms with Gasteiger partial charge in [0.15, 0.2) is 0 Å². The van der Waals surface area contributed by atoms with Crippen molar-refractivity contribution in [2.75, 3.05) is 13.2 Å². The maximum atomic E-state index is 5.39. The Morgan fingerprint density at radius 3 is 2.69 bits per heavy atom. The lowest BCUT2D eigenvalue weighted by atomic mass is 10.1. The lowest BCUT2D eigenvalue weighted by Crippen LogP contribution is -2.26. The van der Waals surface area contributed by atoms with E-state index in [1.54, 1.807) is 0 Å². The van der Waals surface area contributed by atoms with Crippen molar-refractivity contribution in [3.63, 3.8) is 0 Å². The van der Waals surface area contributed by atoms with E-state index in [1.165, 1.54) is 5.56 Å². The topological polar surface area (TPSA) is 33.6 Å². The van der Waals surface area contributed by atoms with Crippen LogP contribution in [-0.2, 0) is 4.74 Å². The van der Waals surface area contributed by atoms with E-state index in [-0.39, 0.29) is 0 Å². The summed E-state index contributed by atoms with van der Waals surface area (Å²) in [5, 5.41) is 4.07. The molecule has 13 heavy (non-hydrogen) atoms. The molecule has 1 aliphatic heterocycles. The first-order chi connectivity index (χ1) is 6.36. The van der Waals surface area contributed by atoms with Gasteiger partial charge in [-0.25, -0.2) is 0 Å². The maximum absolute atomic E-state index is 5.39. The molecular weight excluding hydrogens is 164 g/mol. The number of hydrogen-bond acceptors (Lipinski definition) is 3. The molecule has 0 aliphatic carbocycles. The van der Waals surface area contributed by atoms with E-state index in [4.69, 9.17) is 4.74 Å². The van der Waals surface area contributed by atoms with Gasteiger partial charge in [-0.3, -0.25) is 0 Å². The number of aryl methyl sites for hydroxylation is 1. The van der Waals surface area contributed by atoms with Crippen LogP contribution in [0.15, 0.2) is 29.4 Å². The van der Waals surface area contributed by atoms with E-state index in [2.05, 4.69) is 29.6 Å². The van der Waals surface area contributed by atoms with Crippen LogP contribution in [0.5, 0.6) is 0 Å². The largest absolute Gasteiger partial charge is 0.474 e. The number of nitrogens with zero attached hydrogens (tertiary/aromatic N) is 1. The van der Waals surface area contributed by atoms with Crippen molar-refractivity contribution in [3.8, 4) is 0 Å². The summed E-state index contributed by atoms with van der Waals surface area (Å²) in [5.74, 6) is 0.686. The van der Waals surface area contributed by atoms with Gasteiger partial charge >= 0.3 is 0 Å². The first-order valence-corrected chi connectivity index (χ1v) is 4.36. The third-order valence-electron chi connectivity index (χ3n) is 1.93. The van der Waals surface area contributed by atoms with Crippen LogP contribution in [0.4, 0.5) is 0 Å². The average Bonchev–Trinajstić information content (AvgIpc) is 2.20. The first kappa shape index (κ1) is 8.10. The minimum absolute atomic E-state index is 0.686. The summed E-state index contributed by atoms with van der Waals surface area (Å²) >= 11 is 0. The Labute approximate surface area is 77.4 Å². The molecule has 0 amide bonds. The van der Waals surface area contributed by atoms with Gasteiger partial charge in [-0.2, -0.15) is 0 Å². The van der Waals surface area contributed by atoms with E-state index in [1.807, 2.05) is 12.1 Å². The summed E-state index contributed by atoms with van der Waals surface area (Å²) in [6, 6.07) is 8.13. The highest BCUT2D eigenvalue weighted by molar-refractivity contribution is 5.94. The summed E-state index contributed by atoms with van der Waals surface area (Å²) in [5.41, 5.74) is 5.18. The molecule has 3 heteroatoms. The van der Waals surface area contributed by atoms with Gasteiger partial charge in [0.1, 0.15) is 6.61 Å². The molecule has 0 aromatic heterocycles. The van der Waals surface area contributed by atoms with Crippen molar-refractivity contribution in [2.45, 2.75) is 6.92 Å². The van der Waals surface area contributed by atoms with Crippen LogP contribution in [0.3, 0.4) is 0 Å². The van der Waals surface area contributed by atoms with Crippen LogP contribution in [-0.4, -0.2) is 19.0 Å². The zero-order chi connectivity index (χ0) is 9.10. The van der Waals surface area contributed by atoms with Crippen LogP contribution in [0.25, 0.3) is 0 Å². The second kappa shape index (κ2) is 3.47. The van der Waals surface area contributed by atoms with Crippen LogP contribution >= 0.6 is 0 Å². The fraction of sp³-hybridized carbons (Fsp3) is 0.300. The fourth-order valence-corrected chi connectivity index (χ4v) is 1.20. The summed E-state index contributed by atoms with van der Waals surface area (Å²) < 4.78 is 5.39. The molecule has 1 N–H and O–H groups in total. The lowest BCUT2D eigenvalue weighted by molar-refractivity contribution is 0.279. The Morgan fingerprint density at radius 2 is 2.08 bits per heavy atom. The summed E-state index contributed by atoms with van der Waals surface area (Å²) in [6.45, 7) is 3.54. The molecule has 0 saturated carbocycles. The number of benzene rings is 1. The van der Waals surface area contributed by atoms with Gasteiger partial charge < -0.3 is 10.2 Å². The van der Waals surface area contributed by atoms with E-state index in [0.717, 1.165) is 12.1 Å². The van der Waals surface area contributed by atoms with Gasteiger partial charge in [0, 0.05) is 5.56 Å². The number of hydrogen-bond donors (Lipinski definition) is 1. The molecule has 0 atom stereocenters. The number of nitrogens with one attached hydrogen (secondary N) is 1. The zero-order valence-corrected chi connectivity index (χ0v) is 7.58. The summed E-state index contributed by atoms with van der Waals surface area (Å²) in [4.78, 5) is 0. The van der Waals surface area contributed by atoms with E-state index in [0.29, 0.717) is 12.5 Å². The predicted molar refractivity (Wildman–Crippen MR) is 51.7 cm³/mol. The predicted octanol–water partition coefficient (Wildman–Crippen LogP) is 1.28. The molecule has 1 aromatic rings. The Morgan fingerprint density at radius 1 is 1.31 bits per heavy atom. The number of rotatable bonds is 1. The Bertz CT molecular complexity index is 316. The molecular formula is C10H12N2O. The minimum atomic E-state index is 0.686. The van der Waals surface area contributed by atoms with Gasteiger partial charge in [-0.15, -0.1) is 5.10 Å². The van der Waals surface area contributed by atoms with Gasteiger partial charge in [-0.05, 0) is 19.1 Å². The molecule has 1 heterocycles. The normalized spacial score (nSPS) is 15.6. The lowest BCUT2D eigenvalue weighted by Gasteiger charge is -2.14. The minimum Gasteiger partial charge on any atom is -0.474 e. The van der Waals surface area contributed by atoms with Gasteiger partial charge in [0.2, 0.25) is 5.90 Å². The van der Waals surface area contributed by atoms with Crippen LogP contribution in [0.1, 0.15) is 11.1 Å². The van der Waals surface area contributed by atoms with Gasteiger partial charge in [0.25, 0.3) is 0 Å². The van der Waals surface area contributed by atoms with Gasteiger partial charge in [0.05, 0.1) is 6.54 Å². The van der Waals surface area contributed by atoms with E-state index >= 15 is 0 Å². The SMILES string of the molecule is Cc1ccc(C2=NNCCO2)cc1. The zero-order valence-electron chi connectivity index (χ0n) is 7.58. The van der Waals surface area contributed by atoms with E-state index in [9.17, 15) is 0 Å². The van der Waals surface area contributed by atoms with Crippen molar-refractivity contribution in [1.82, 2.24) is 5.43 Å². The summed E-state index contributed by atoms with van der Waals surface area (Å²) in [6.07, 6.45) is 0. The monoisotopic (exact) mass is 176 g/mol. The second-order valence-electron chi connectivity index (χ2n) is 3.04. The Kier molecular flexibility index (Phi) is 2.17. The Hall–Kier alpha value is -1.51. The molecule has 3 nitrogen and oxygen atoms in total. The quantitative estimate of drug-likeness (QED) is 0.699. The molecule has 0 radical (unpaired) electrons. The molecule has 0 bridgehead atoms. The van der Waals surface area contributed by atoms with Crippen molar-refractivity contribution in [3.05, 3.63) is 35.4 Å². The highest BCUT2D eigenvalue weighted by Crippen LogP contribution is 2.06. The number of ether oxygens (including phenoxy) is 1. The third kappa shape index (κ3) is 1.80. The smallest absolute Gasteiger partial charge is 0.237 e. The molecule has 68 valence electrons. The molecule has 0 fully saturated rings. The van der Waals surface area contributed by atoms with Crippen LogP contribution in [0.2, 0.25) is 0 Å². The molecule has 0 unspecified atom stereocenters. The molecule has 1 aromatic carbocycles. The fourth-order valence-electron chi connectivity index (χ4n) is 1.20. The molecule has 2 rings (SSSR count). The standard InChI is InChI=1S/C10H12N2O/c1-8-2-4-9(5-3-8)10-12-11-6-7-13-10/h2-5,11H,6-7H2,1H3. The first-order valence-electron chi connectivity index (χ1n) is 4.36. The molecule has 1 aliphatic rings. The Balaban J connectivity index is 2.24. The van der Waals surface area contributed by atoms with Crippen LogP contribution < -0.4 is 5.43 Å². The highest BCUT2D eigenvalue weighted by Gasteiger charge is 2.07. The van der Waals surface area contributed by atoms with Crippen LogP contribution in [0, 0.1) is 6.92 Å². The maximum Gasteiger partial charge on any atom is 0.237 e. The molecule has 0 saturated heterocycles. The third-order valence-corrected chi connectivity index (χ3v) is 1.93. The van der Waals surface area contributed by atoms with E-state index < -0.39 is 0 Å². The summed E-state index contributed by atoms with van der Waals surface area (Å²) in [7, 11) is 0. The van der Waals surface area contributed by atoms with Crippen molar-refractivity contribution in [2.24, 2.45) is 5.10 Å². The highest BCUT2D eigenvalue weighted by atomic mass is 16.5. The molecule has 0 spiro atoms. The van der Waals surface area contributed by atoms with Crippen molar-refractivity contribution in [1.29, 1.82) is 0 Å². The average molecular weight is 176 g/mol. The second-order valence-corrected chi connectivity index (χ2v) is 3.04. The van der Waals surface area contributed by atoms with Gasteiger partial charge in [-0.1, -0.05) is 17.7 Å². The number of hydrazone groups is 1. The van der Waals surface area contributed by atoms with Crippen molar-refractivity contribution >= 4 is 5.90 Å².